The van der Waals surface area contributed by atoms with Crippen molar-refractivity contribution in [3.8, 4) is 0 Å². The number of hydrogen-bond acceptors (Lipinski definition) is 2. The van der Waals surface area contributed by atoms with Crippen LogP contribution < -0.4 is 0 Å². The number of benzene rings is 2. The number of carbonyl (C=O) groups is 1. The Labute approximate surface area is 112 Å². The maximum atomic E-state index is 11.5. The van der Waals surface area contributed by atoms with Crippen molar-refractivity contribution in [1.82, 2.24) is 0 Å². The van der Waals surface area contributed by atoms with Gasteiger partial charge in [0, 0.05) is 11.5 Å². The van der Waals surface area contributed by atoms with Crippen LogP contribution in [-0.2, 0) is 16.0 Å². The van der Waals surface area contributed by atoms with E-state index in [0.717, 1.165) is 6.42 Å². The molecule has 0 saturated carbocycles. The molecular weight excluding hydrogens is 236 g/mol. The molecule has 0 aliphatic heterocycles. The first-order valence-electron chi connectivity index (χ1n) is 6.48. The van der Waals surface area contributed by atoms with E-state index in [9.17, 15) is 4.79 Å². The molecule has 0 fully saturated rings. The van der Waals surface area contributed by atoms with E-state index in [1.807, 2.05) is 13.0 Å². The monoisotopic (exact) mass is 252 g/mol. The molecule has 0 amide bonds. The maximum absolute atomic E-state index is 11.5. The van der Waals surface area contributed by atoms with Crippen LogP contribution in [0, 0.1) is 0 Å². The number of carbonyl (C=O) groups excluding carboxylic acids is 1. The number of rotatable bonds is 2. The molecule has 0 bridgehead atoms. The van der Waals surface area contributed by atoms with Crippen molar-refractivity contribution in [3.05, 3.63) is 59.2 Å². The molecule has 1 aliphatic carbocycles. The van der Waals surface area contributed by atoms with Crippen LogP contribution in [0.3, 0.4) is 0 Å². The van der Waals surface area contributed by atoms with E-state index in [1.165, 1.54) is 29.0 Å². The molecule has 96 valence electrons. The molecule has 0 spiro atoms. The van der Waals surface area contributed by atoms with Gasteiger partial charge in [-0.25, -0.2) is 4.79 Å². The van der Waals surface area contributed by atoms with Crippen LogP contribution in [0.5, 0.6) is 0 Å². The van der Waals surface area contributed by atoms with Gasteiger partial charge in [0.25, 0.3) is 0 Å². The minimum Gasteiger partial charge on any atom is -0.466 e. The van der Waals surface area contributed by atoms with E-state index in [-0.39, 0.29) is 11.9 Å². The molecule has 0 heterocycles. The molecule has 2 aromatic carbocycles. The molecule has 0 saturated heterocycles. The first-order chi connectivity index (χ1) is 9.20. The lowest BCUT2D eigenvalue weighted by atomic mass is 9.97. The number of methoxy groups -OCH3 is 1. The molecule has 2 aromatic rings. The van der Waals surface area contributed by atoms with Crippen molar-refractivity contribution in [3.63, 3.8) is 0 Å². The minimum absolute atomic E-state index is 0.247. The van der Waals surface area contributed by atoms with Gasteiger partial charge in [0.05, 0.1) is 7.11 Å². The molecule has 0 aromatic heterocycles. The summed E-state index contributed by atoms with van der Waals surface area (Å²) in [7, 11) is 1.42. The topological polar surface area (TPSA) is 26.3 Å². The zero-order chi connectivity index (χ0) is 13.4. The van der Waals surface area contributed by atoms with Gasteiger partial charge < -0.3 is 4.74 Å². The molecular formula is C17H16O2. The third kappa shape index (κ3) is 1.93. The summed E-state index contributed by atoms with van der Waals surface area (Å²) in [5.41, 5.74) is 3.36. The summed E-state index contributed by atoms with van der Waals surface area (Å²) in [6, 6.07) is 12.8. The molecule has 0 radical (unpaired) electrons. The summed E-state index contributed by atoms with van der Waals surface area (Å²) in [5, 5.41) is 2.63. The van der Waals surface area contributed by atoms with Crippen molar-refractivity contribution in [2.24, 2.45) is 0 Å². The predicted molar refractivity (Wildman–Crippen MR) is 76.2 cm³/mol. The van der Waals surface area contributed by atoms with Crippen molar-refractivity contribution in [1.29, 1.82) is 0 Å². The van der Waals surface area contributed by atoms with Crippen LogP contribution in [0.15, 0.2) is 48.0 Å². The smallest absolute Gasteiger partial charge is 0.333 e. The van der Waals surface area contributed by atoms with Crippen molar-refractivity contribution >= 4 is 16.7 Å². The molecule has 0 N–H and O–H groups in total. The Morgan fingerprint density at radius 3 is 2.74 bits per heavy atom. The minimum atomic E-state index is -0.247. The Balaban J connectivity index is 2.07. The number of ether oxygens (including phenoxy) is 1. The Morgan fingerprint density at radius 2 is 2.00 bits per heavy atom. The normalized spacial score (nSPS) is 17.8. The fourth-order valence-electron chi connectivity index (χ4n) is 2.96. The quantitative estimate of drug-likeness (QED) is 0.603. The lowest BCUT2D eigenvalue weighted by Gasteiger charge is -2.08. The van der Waals surface area contributed by atoms with Crippen LogP contribution in [0.1, 0.15) is 24.0 Å². The zero-order valence-corrected chi connectivity index (χ0v) is 11.1. The van der Waals surface area contributed by atoms with E-state index in [0.29, 0.717) is 5.57 Å². The fourth-order valence-corrected chi connectivity index (χ4v) is 2.96. The van der Waals surface area contributed by atoms with Crippen molar-refractivity contribution < 1.29 is 9.53 Å². The van der Waals surface area contributed by atoms with E-state index >= 15 is 0 Å². The van der Waals surface area contributed by atoms with Gasteiger partial charge in [-0.2, -0.15) is 0 Å². The van der Waals surface area contributed by atoms with Gasteiger partial charge >= 0.3 is 5.97 Å². The average molecular weight is 252 g/mol. The van der Waals surface area contributed by atoms with Crippen molar-refractivity contribution in [2.75, 3.05) is 7.11 Å². The fraction of sp³-hybridized carbons (Fsp3) is 0.235. The van der Waals surface area contributed by atoms with Gasteiger partial charge in [0.2, 0.25) is 0 Å². The summed E-state index contributed by atoms with van der Waals surface area (Å²) in [5.74, 6) is 0.0309. The largest absolute Gasteiger partial charge is 0.466 e. The van der Waals surface area contributed by atoms with Crippen LogP contribution in [-0.4, -0.2) is 13.1 Å². The summed E-state index contributed by atoms with van der Waals surface area (Å²) in [6.07, 6.45) is 2.99. The Bertz CT molecular complexity index is 677. The standard InChI is InChI=1S/C17H16O2/c1-11(17(18)19-2)9-14-10-13-7-3-5-12-6-4-8-15(14)16(12)13/h3-9,14H,10H2,1-2H3/b11-9+. The summed E-state index contributed by atoms with van der Waals surface area (Å²) in [4.78, 5) is 11.5. The molecule has 1 atom stereocenters. The lowest BCUT2D eigenvalue weighted by molar-refractivity contribution is -0.136. The lowest BCUT2D eigenvalue weighted by Crippen LogP contribution is -2.04. The van der Waals surface area contributed by atoms with Gasteiger partial charge in [-0.05, 0) is 35.2 Å². The maximum Gasteiger partial charge on any atom is 0.333 e. The Morgan fingerprint density at radius 1 is 1.26 bits per heavy atom. The highest BCUT2D eigenvalue weighted by Crippen LogP contribution is 2.39. The third-order valence-corrected chi connectivity index (χ3v) is 3.82. The molecule has 2 heteroatoms. The molecule has 1 aliphatic rings. The van der Waals surface area contributed by atoms with Crippen LogP contribution in [0.2, 0.25) is 0 Å². The Kier molecular flexibility index (Phi) is 2.86. The Hall–Kier alpha value is -2.09. The highest BCUT2D eigenvalue weighted by Gasteiger charge is 2.23. The number of hydrogen-bond donors (Lipinski definition) is 0. The number of allylic oxidation sites excluding steroid dienone is 1. The van der Waals surface area contributed by atoms with Gasteiger partial charge in [0.15, 0.2) is 0 Å². The van der Waals surface area contributed by atoms with Gasteiger partial charge in [-0.1, -0.05) is 42.5 Å². The second kappa shape index (κ2) is 4.54. The average Bonchev–Trinajstić information content (AvgIpc) is 2.79. The van der Waals surface area contributed by atoms with E-state index < -0.39 is 0 Å². The SMILES string of the molecule is COC(=O)/C(C)=C/C1Cc2cccc3cccc1c23. The molecule has 19 heavy (non-hydrogen) atoms. The predicted octanol–water partition coefficient (Wildman–Crippen LogP) is 3.60. The second-order valence-corrected chi connectivity index (χ2v) is 5.01. The summed E-state index contributed by atoms with van der Waals surface area (Å²) >= 11 is 0. The molecule has 2 nitrogen and oxygen atoms in total. The molecule has 1 unspecified atom stereocenters. The zero-order valence-electron chi connectivity index (χ0n) is 11.1. The first kappa shape index (κ1) is 12.0. The molecule has 3 rings (SSSR count). The van der Waals surface area contributed by atoms with Gasteiger partial charge in [-0.3, -0.25) is 0 Å². The summed E-state index contributed by atoms with van der Waals surface area (Å²) in [6.45, 7) is 1.81. The van der Waals surface area contributed by atoms with Crippen LogP contribution in [0.25, 0.3) is 10.8 Å². The van der Waals surface area contributed by atoms with E-state index in [2.05, 4.69) is 36.4 Å². The summed E-state index contributed by atoms with van der Waals surface area (Å²) < 4.78 is 4.77. The highest BCUT2D eigenvalue weighted by molar-refractivity contribution is 5.92. The first-order valence-corrected chi connectivity index (χ1v) is 6.48. The van der Waals surface area contributed by atoms with Crippen molar-refractivity contribution in [2.45, 2.75) is 19.3 Å². The van der Waals surface area contributed by atoms with E-state index in [4.69, 9.17) is 4.74 Å². The van der Waals surface area contributed by atoms with Gasteiger partial charge in [0.1, 0.15) is 0 Å². The third-order valence-electron chi connectivity index (χ3n) is 3.82. The van der Waals surface area contributed by atoms with E-state index in [1.54, 1.807) is 0 Å². The second-order valence-electron chi connectivity index (χ2n) is 5.01. The highest BCUT2D eigenvalue weighted by atomic mass is 16.5. The van der Waals surface area contributed by atoms with Gasteiger partial charge in [-0.15, -0.1) is 0 Å². The van der Waals surface area contributed by atoms with Crippen LogP contribution >= 0.6 is 0 Å². The number of esters is 1. The van der Waals surface area contributed by atoms with Crippen LogP contribution in [0.4, 0.5) is 0 Å².